The van der Waals surface area contributed by atoms with E-state index in [-0.39, 0.29) is 6.10 Å². The summed E-state index contributed by atoms with van der Waals surface area (Å²) in [4.78, 5) is 11.0. The fourth-order valence-electron chi connectivity index (χ4n) is 1.74. The summed E-state index contributed by atoms with van der Waals surface area (Å²) in [6.07, 6.45) is -0.147. The molecule has 1 saturated heterocycles. The second-order valence-electron chi connectivity index (χ2n) is 3.46. The molecule has 0 bridgehead atoms. The van der Waals surface area contributed by atoms with Crippen molar-refractivity contribution >= 4 is 5.97 Å². The maximum absolute atomic E-state index is 11.0. The van der Waals surface area contributed by atoms with Crippen molar-refractivity contribution in [2.24, 2.45) is 0 Å². The second-order valence-corrected chi connectivity index (χ2v) is 3.46. The summed E-state index contributed by atoms with van der Waals surface area (Å²) in [5.74, 6) is -0.903. The van der Waals surface area contributed by atoms with Gasteiger partial charge in [0.25, 0.3) is 0 Å². The quantitative estimate of drug-likeness (QED) is 0.761. The van der Waals surface area contributed by atoms with Gasteiger partial charge in [-0.25, -0.2) is 4.79 Å². The Morgan fingerprint density at radius 1 is 1.47 bits per heavy atom. The van der Waals surface area contributed by atoms with Crippen LogP contribution in [0.2, 0.25) is 0 Å². The van der Waals surface area contributed by atoms with Gasteiger partial charge in [-0.05, 0) is 11.6 Å². The largest absolute Gasteiger partial charge is 0.478 e. The molecule has 1 atom stereocenters. The Balaban J connectivity index is 2.29. The van der Waals surface area contributed by atoms with Gasteiger partial charge >= 0.3 is 5.97 Å². The summed E-state index contributed by atoms with van der Waals surface area (Å²) in [6, 6.07) is 6.97. The normalized spacial score (nSPS) is 21.2. The Kier molecular flexibility index (Phi) is 2.99. The van der Waals surface area contributed by atoms with Crippen LogP contribution in [0.3, 0.4) is 0 Å². The molecule has 0 amide bonds. The van der Waals surface area contributed by atoms with Gasteiger partial charge in [-0.1, -0.05) is 18.2 Å². The molecule has 4 heteroatoms. The number of carbonyl (C=O) groups is 1. The van der Waals surface area contributed by atoms with Crippen LogP contribution in [0.1, 0.15) is 22.0 Å². The lowest BCUT2D eigenvalue weighted by Crippen LogP contribution is -2.34. The van der Waals surface area contributed by atoms with Crippen LogP contribution in [0.4, 0.5) is 0 Å². The minimum Gasteiger partial charge on any atom is -0.478 e. The predicted octanol–water partition coefficient (Wildman–Crippen LogP) is 1.05. The van der Waals surface area contributed by atoms with Crippen molar-refractivity contribution in [1.82, 2.24) is 5.32 Å². The maximum atomic E-state index is 11.0. The number of nitrogens with one attached hydrogen (secondary N) is 1. The highest BCUT2D eigenvalue weighted by Crippen LogP contribution is 2.22. The smallest absolute Gasteiger partial charge is 0.336 e. The molecular weight excluding hydrogens is 194 g/mol. The van der Waals surface area contributed by atoms with Crippen LogP contribution in [-0.4, -0.2) is 30.8 Å². The van der Waals surface area contributed by atoms with Gasteiger partial charge in [0.15, 0.2) is 0 Å². The van der Waals surface area contributed by atoms with Crippen LogP contribution in [0.5, 0.6) is 0 Å². The number of morpholine rings is 1. The lowest BCUT2D eigenvalue weighted by atomic mass is 10.0. The summed E-state index contributed by atoms with van der Waals surface area (Å²) < 4.78 is 5.53. The van der Waals surface area contributed by atoms with Gasteiger partial charge in [-0.3, -0.25) is 0 Å². The van der Waals surface area contributed by atoms with Crippen LogP contribution in [-0.2, 0) is 4.74 Å². The zero-order valence-corrected chi connectivity index (χ0v) is 8.27. The zero-order valence-electron chi connectivity index (χ0n) is 8.27. The maximum Gasteiger partial charge on any atom is 0.336 e. The van der Waals surface area contributed by atoms with Crippen molar-refractivity contribution in [2.45, 2.75) is 6.10 Å². The Hall–Kier alpha value is -1.39. The van der Waals surface area contributed by atoms with E-state index in [2.05, 4.69) is 5.32 Å². The Bertz CT molecular complexity index is 359. The molecular formula is C11H13NO3. The molecule has 1 aliphatic rings. The summed E-state index contributed by atoms with van der Waals surface area (Å²) in [6.45, 7) is 2.12. The van der Waals surface area contributed by atoms with Gasteiger partial charge in [0, 0.05) is 13.1 Å². The average molecular weight is 207 g/mol. The van der Waals surface area contributed by atoms with Crippen molar-refractivity contribution in [3.63, 3.8) is 0 Å². The number of carboxylic acids is 1. The molecule has 0 unspecified atom stereocenters. The van der Waals surface area contributed by atoms with E-state index in [9.17, 15) is 4.79 Å². The first kappa shape index (κ1) is 10.1. The number of aromatic carboxylic acids is 1. The molecule has 2 rings (SSSR count). The third kappa shape index (κ3) is 2.16. The molecule has 1 aromatic rings. The van der Waals surface area contributed by atoms with Crippen LogP contribution >= 0.6 is 0 Å². The molecule has 1 heterocycles. The molecule has 80 valence electrons. The van der Waals surface area contributed by atoms with Crippen molar-refractivity contribution in [2.75, 3.05) is 19.7 Å². The van der Waals surface area contributed by atoms with Gasteiger partial charge in [0.2, 0.25) is 0 Å². The van der Waals surface area contributed by atoms with Crippen LogP contribution < -0.4 is 5.32 Å². The highest BCUT2D eigenvalue weighted by molar-refractivity contribution is 5.89. The van der Waals surface area contributed by atoms with Crippen molar-refractivity contribution in [3.8, 4) is 0 Å². The SMILES string of the molecule is O=C(O)c1ccccc1[C@H]1CNCCO1. The first-order valence-corrected chi connectivity index (χ1v) is 4.93. The molecule has 0 aromatic heterocycles. The predicted molar refractivity (Wildman–Crippen MR) is 55.0 cm³/mol. The van der Waals surface area contributed by atoms with Gasteiger partial charge < -0.3 is 15.2 Å². The molecule has 1 fully saturated rings. The fourth-order valence-corrected chi connectivity index (χ4v) is 1.74. The van der Waals surface area contributed by atoms with Gasteiger partial charge in [0.05, 0.1) is 18.3 Å². The average Bonchev–Trinajstić information content (AvgIpc) is 2.30. The summed E-state index contributed by atoms with van der Waals surface area (Å²) in [5.41, 5.74) is 1.07. The van der Waals surface area contributed by atoms with E-state index in [4.69, 9.17) is 9.84 Å². The number of hydrogen-bond acceptors (Lipinski definition) is 3. The van der Waals surface area contributed by atoms with Gasteiger partial charge in [0.1, 0.15) is 0 Å². The highest BCUT2D eigenvalue weighted by atomic mass is 16.5. The van der Waals surface area contributed by atoms with Crippen molar-refractivity contribution in [1.29, 1.82) is 0 Å². The Morgan fingerprint density at radius 2 is 2.27 bits per heavy atom. The van der Waals surface area contributed by atoms with E-state index in [0.717, 1.165) is 12.1 Å². The molecule has 4 nitrogen and oxygen atoms in total. The van der Waals surface area contributed by atoms with E-state index < -0.39 is 5.97 Å². The molecule has 0 saturated carbocycles. The topological polar surface area (TPSA) is 58.6 Å². The number of benzene rings is 1. The molecule has 0 spiro atoms. The third-order valence-corrected chi connectivity index (χ3v) is 2.47. The Morgan fingerprint density at radius 3 is 2.93 bits per heavy atom. The summed E-state index contributed by atoms with van der Waals surface area (Å²) in [7, 11) is 0. The minimum atomic E-state index is -0.903. The van der Waals surface area contributed by atoms with E-state index >= 15 is 0 Å². The minimum absolute atomic E-state index is 0.147. The van der Waals surface area contributed by atoms with Crippen molar-refractivity contribution in [3.05, 3.63) is 35.4 Å². The van der Waals surface area contributed by atoms with Crippen LogP contribution in [0.25, 0.3) is 0 Å². The van der Waals surface area contributed by atoms with Gasteiger partial charge in [-0.2, -0.15) is 0 Å². The van der Waals surface area contributed by atoms with Crippen LogP contribution in [0.15, 0.2) is 24.3 Å². The molecule has 2 N–H and O–H groups in total. The highest BCUT2D eigenvalue weighted by Gasteiger charge is 2.20. The monoisotopic (exact) mass is 207 g/mol. The first-order chi connectivity index (χ1) is 7.29. The number of rotatable bonds is 2. The van der Waals surface area contributed by atoms with E-state index in [0.29, 0.717) is 18.7 Å². The number of hydrogen-bond donors (Lipinski definition) is 2. The Labute approximate surface area is 87.9 Å². The molecule has 15 heavy (non-hydrogen) atoms. The van der Waals surface area contributed by atoms with Gasteiger partial charge in [-0.15, -0.1) is 0 Å². The molecule has 1 aromatic carbocycles. The molecule has 1 aliphatic heterocycles. The fraction of sp³-hybridized carbons (Fsp3) is 0.364. The molecule has 0 aliphatic carbocycles. The summed E-state index contributed by atoms with van der Waals surface area (Å²) >= 11 is 0. The lowest BCUT2D eigenvalue weighted by Gasteiger charge is -2.24. The second kappa shape index (κ2) is 4.42. The first-order valence-electron chi connectivity index (χ1n) is 4.93. The molecule has 0 radical (unpaired) electrons. The lowest BCUT2D eigenvalue weighted by molar-refractivity contribution is 0.0263. The number of ether oxygens (including phenoxy) is 1. The van der Waals surface area contributed by atoms with Crippen molar-refractivity contribution < 1.29 is 14.6 Å². The zero-order chi connectivity index (χ0) is 10.7. The van der Waals surface area contributed by atoms with E-state index in [1.807, 2.05) is 6.07 Å². The summed E-state index contributed by atoms with van der Waals surface area (Å²) in [5, 5.41) is 12.2. The standard InChI is InChI=1S/C11H13NO3/c13-11(14)9-4-2-1-3-8(9)10-7-12-5-6-15-10/h1-4,10,12H,5-7H2,(H,13,14)/t10-/m1/s1. The third-order valence-electron chi connectivity index (χ3n) is 2.47. The van der Waals surface area contributed by atoms with E-state index in [1.165, 1.54) is 0 Å². The van der Waals surface area contributed by atoms with Crippen LogP contribution in [0, 0.1) is 0 Å². The number of carboxylic acid groups (broad SMARTS) is 1. The van der Waals surface area contributed by atoms with E-state index in [1.54, 1.807) is 18.2 Å².